The average Bonchev–Trinajstić information content (AvgIpc) is 2.68. The lowest BCUT2D eigenvalue weighted by atomic mass is 9.82. The van der Waals surface area contributed by atoms with E-state index in [4.69, 9.17) is 15.2 Å². The van der Waals surface area contributed by atoms with Crippen molar-refractivity contribution in [2.75, 3.05) is 20.3 Å². The molecule has 27 heavy (non-hydrogen) atoms. The molecule has 0 spiro atoms. The molecule has 1 aromatic rings. The molecule has 5 nitrogen and oxygen atoms in total. The number of carbonyl (C=O) groups is 1. The van der Waals surface area contributed by atoms with Gasteiger partial charge in [-0.3, -0.25) is 0 Å². The van der Waals surface area contributed by atoms with Gasteiger partial charge in [-0.25, -0.2) is 13.6 Å². The first-order valence-corrected chi connectivity index (χ1v) is 9.66. The first-order chi connectivity index (χ1) is 13.0. The largest absolute Gasteiger partial charge is 0.453 e. The highest BCUT2D eigenvalue weighted by Gasteiger charge is 2.34. The van der Waals surface area contributed by atoms with Crippen LogP contribution >= 0.6 is 0 Å². The summed E-state index contributed by atoms with van der Waals surface area (Å²) in [5, 5.41) is 0. The number of hydrogen-bond acceptors (Lipinski definition) is 4. The maximum Gasteiger partial charge on any atom is 0.409 e. The highest BCUT2D eigenvalue weighted by atomic mass is 19.1. The van der Waals surface area contributed by atoms with E-state index < -0.39 is 5.82 Å². The first-order valence-electron chi connectivity index (χ1n) is 9.66. The van der Waals surface area contributed by atoms with Crippen LogP contribution in [0.15, 0.2) is 18.2 Å². The van der Waals surface area contributed by atoms with Crippen LogP contribution in [0.5, 0.6) is 0 Å². The normalized spacial score (nSPS) is 28.8. The van der Waals surface area contributed by atoms with E-state index in [0.717, 1.165) is 44.6 Å². The molecule has 2 fully saturated rings. The second-order valence-electron chi connectivity index (χ2n) is 7.51. The third-order valence-corrected chi connectivity index (χ3v) is 5.81. The van der Waals surface area contributed by atoms with Crippen molar-refractivity contribution in [2.45, 2.75) is 62.6 Å². The van der Waals surface area contributed by atoms with Crippen LogP contribution in [0.4, 0.5) is 13.6 Å². The standard InChI is InChI=1S/C20H28F2N2O3/c1-26-20(25)24-10-2-3-18(23)19(24)12-27-15-7-4-13(5-8-15)16-11-14(21)6-9-17(16)22/h6,9,11,13,15,18-19H,2-5,7-8,10,12,23H2,1H3/t13-,15+,18-,19-/m0/s1. The summed E-state index contributed by atoms with van der Waals surface area (Å²) >= 11 is 0. The number of amides is 1. The van der Waals surface area contributed by atoms with Crippen LogP contribution < -0.4 is 5.73 Å². The van der Waals surface area contributed by atoms with Gasteiger partial charge >= 0.3 is 6.09 Å². The summed E-state index contributed by atoms with van der Waals surface area (Å²) in [7, 11) is 1.37. The van der Waals surface area contributed by atoms with Gasteiger partial charge in [0.2, 0.25) is 0 Å². The third kappa shape index (κ3) is 4.76. The molecule has 0 bridgehead atoms. The maximum absolute atomic E-state index is 14.0. The summed E-state index contributed by atoms with van der Waals surface area (Å²) in [4.78, 5) is 13.6. The molecular formula is C20H28F2N2O3. The topological polar surface area (TPSA) is 64.8 Å². The Bertz CT molecular complexity index is 650. The van der Waals surface area contributed by atoms with Gasteiger partial charge in [0.1, 0.15) is 11.6 Å². The SMILES string of the molecule is COC(=O)N1CCC[C@H](N)[C@@H]1CO[C@H]1CC[C@@H](c2cc(F)ccc2F)CC1. The number of methoxy groups -OCH3 is 1. The molecule has 2 atom stereocenters. The number of halogens is 2. The lowest BCUT2D eigenvalue weighted by Gasteiger charge is -2.39. The van der Waals surface area contributed by atoms with E-state index in [2.05, 4.69) is 0 Å². The number of likely N-dealkylation sites (tertiary alicyclic amines) is 1. The molecule has 1 amide bonds. The molecule has 1 saturated carbocycles. The fourth-order valence-electron chi connectivity index (χ4n) is 4.25. The second-order valence-corrected chi connectivity index (χ2v) is 7.51. The number of nitrogens with zero attached hydrogens (tertiary/aromatic N) is 1. The lowest BCUT2D eigenvalue weighted by Crippen LogP contribution is -2.56. The number of benzene rings is 1. The monoisotopic (exact) mass is 382 g/mol. The Hall–Kier alpha value is -1.73. The molecule has 0 unspecified atom stereocenters. The number of nitrogens with two attached hydrogens (primary N) is 1. The molecule has 1 aliphatic carbocycles. The highest BCUT2D eigenvalue weighted by Crippen LogP contribution is 2.35. The Labute approximate surface area is 158 Å². The quantitative estimate of drug-likeness (QED) is 0.865. The summed E-state index contributed by atoms with van der Waals surface area (Å²) in [6, 6.07) is 3.32. The second kappa shape index (κ2) is 8.97. The predicted molar refractivity (Wildman–Crippen MR) is 97.4 cm³/mol. The summed E-state index contributed by atoms with van der Waals surface area (Å²) in [5.74, 6) is -0.731. The molecule has 150 valence electrons. The van der Waals surface area contributed by atoms with Crippen LogP contribution in [0.25, 0.3) is 0 Å². The van der Waals surface area contributed by atoms with Crippen molar-refractivity contribution in [2.24, 2.45) is 5.73 Å². The van der Waals surface area contributed by atoms with Gasteiger partial charge < -0.3 is 20.1 Å². The maximum atomic E-state index is 14.0. The molecule has 2 N–H and O–H groups in total. The average molecular weight is 382 g/mol. The Morgan fingerprint density at radius 3 is 2.67 bits per heavy atom. The van der Waals surface area contributed by atoms with E-state index in [1.807, 2.05) is 0 Å². The summed E-state index contributed by atoms with van der Waals surface area (Å²) in [6.07, 6.45) is 4.45. The van der Waals surface area contributed by atoms with E-state index in [1.165, 1.54) is 19.2 Å². The summed E-state index contributed by atoms with van der Waals surface area (Å²) < 4.78 is 38.3. The van der Waals surface area contributed by atoms with Crippen molar-refractivity contribution in [1.29, 1.82) is 0 Å². The molecule has 0 radical (unpaired) electrons. The van der Waals surface area contributed by atoms with Crippen LogP contribution in [0, 0.1) is 11.6 Å². The van der Waals surface area contributed by atoms with Gasteiger partial charge in [-0.05, 0) is 68.2 Å². The van der Waals surface area contributed by atoms with Gasteiger partial charge in [0.25, 0.3) is 0 Å². The minimum absolute atomic E-state index is 0.0176. The number of piperidine rings is 1. The number of hydrogen-bond donors (Lipinski definition) is 1. The Morgan fingerprint density at radius 2 is 1.96 bits per heavy atom. The fourth-order valence-corrected chi connectivity index (χ4v) is 4.25. The van der Waals surface area contributed by atoms with E-state index in [9.17, 15) is 13.6 Å². The molecule has 1 saturated heterocycles. The van der Waals surface area contributed by atoms with Crippen LogP contribution in [-0.2, 0) is 9.47 Å². The number of ether oxygens (including phenoxy) is 2. The highest BCUT2D eigenvalue weighted by molar-refractivity contribution is 5.68. The molecule has 1 aliphatic heterocycles. The van der Waals surface area contributed by atoms with Gasteiger partial charge in [0.05, 0.1) is 25.9 Å². The predicted octanol–water partition coefficient (Wildman–Crippen LogP) is 3.57. The van der Waals surface area contributed by atoms with E-state index >= 15 is 0 Å². The minimum Gasteiger partial charge on any atom is -0.453 e. The van der Waals surface area contributed by atoms with Crippen LogP contribution in [0.1, 0.15) is 50.0 Å². The zero-order chi connectivity index (χ0) is 19.4. The molecule has 1 heterocycles. The zero-order valence-corrected chi connectivity index (χ0v) is 15.7. The lowest BCUT2D eigenvalue weighted by molar-refractivity contribution is -0.0230. The van der Waals surface area contributed by atoms with Gasteiger partial charge in [-0.15, -0.1) is 0 Å². The molecular weight excluding hydrogens is 354 g/mol. The van der Waals surface area contributed by atoms with Gasteiger partial charge in [-0.2, -0.15) is 0 Å². The van der Waals surface area contributed by atoms with Crippen molar-refractivity contribution in [3.05, 3.63) is 35.4 Å². The Morgan fingerprint density at radius 1 is 1.22 bits per heavy atom. The van der Waals surface area contributed by atoms with Gasteiger partial charge in [-0.1, -0.05) is 0 Å². The van der Waals surface area contributed by atoms with Crippen LogP contribution in [-0.4, -0.2) is 49.4 Å². The molecule has 7 heteroatoms. The van der Waals surface area contributed by atoms with Crippen LogP contribution in [0.2, 0.25) is 0 Å². The van der Waals surface area contributed by atoms with E-state index in [1.54, 1.807) is 4.90 Å². The van der Waals surface area contributed by atoms with Gasteiger partial charge in [0.15, 0.2) is 0 Å². The summed E-state index contributed by atoms with van der Waals surface area (Å²) in [6.45, 7) is 1.000. The first kappa shape index (κ1) is 20.0. The Balaban J connectivity index is 1.53. The third-order valence-electron chi connectivity index (χ3n) is 5.81. The van der Waals surface area contributed by atoms with Crippen molar-refractivity contribution in [1.82, 2.24) is 4.90 Å². The fraction of sp³-hybridized carbons (Fsp3) is 0.650. The van der Waals surface area contributed by atoms with Crippen molar-refractivity contribution in [3.8, 4) is 0 Å². The molecule has 2 aliphatic rings. The number of carbonyl (C=O) groups excluding carboxylic acids is 1. The molecule has 0 aromatic heterocycles. The van der Waals surface area contributed by atoms with E-state index in [0.29, 0.717) is 18.7 Å². The van der Waals surface area contributed by atoms with Crippen molar-refractivity contribution >= 4 is 6.09 Å². The molecule has 1 aromatic carbocycles. The Kier molecular flexibility index (Phi) is 6.65. The van der Waals surface area contributed by atoms with Crippen molar-refractivity contribution in [3.63, 3.8) is 0 Å². The van der Waals surface area contributed by atoms with E-state index in [-0.39, 0.29) is 36.0 Å². The summed E-state index contributed by atoms with van der Waals surface area (Å²) in [5.41, 5.74) is 6.66. The van der Waals surface area contributed by atoms with Crippen molar-refractivity contribution < 1.29 is 23.0 Å². The smallest absolute Gasteiger partial charge is 0.409 e. The number of rotatable bonds is 4. The zero-order valence-electron chi connectivity index (χ0n) is 15.7. The van der Waals surface area contributed by atoms with Crippen LogP contribution in [0.3, 0.4) is 0 Å². The minimum atomic E-state index is -0.404. The van der Waals surface area contributed by atoms with Gasteiger partial charge in [0, 0.05) is 12.6 Å². The molecule has 3 rings (SSSR count).